The van der Waals surface area contributed by atoms with Crippen LogP contribution in [0.15, 0.2) is 0 Å². The molecule has 1 aliphatic carbocycles. The highest BCUT2D eigenvalue weighted by Gasteiger charge is 2.23. The molecule has 1 nitrogen and oxygen atoms in total. The van der Waals surface area contributed by atoms with Crippen LogP contribution in [0.5, 0.6) is 0 Å². The van der Waals surface area contributed by atoms with Crippen LogP contribution in [0.1, 0.15) is 33.1 Å². The molecule has 0 unspecified atom stereocenters. The van der Waals surface area contributed by atoms with Crippen LogP contribution in [0.2, 0.25) is 0 Å². The molecular formula is C9H19N. The van der Waals surface area contributed by atoms with E-state index in [-0.39, 0.29) is 7.43 Å². The van der Waals surface area contributed by atoms with Crippen LogP contribution >= 0.6 is 0 Å². The summed E-state index contributed by atoms with van der Waals surface area (Å²) in [7, 11) is 0. The number of rotatable bonds is 0. The Balaban J connectivity index is 0.000000500. The average molecular weight is 141 g/mol. The van der Waals surface area contributed by atoms with E-state index in [1.807, 2.05) is 0 Å². The van der Waals surface area contributed by atoms with Gasteiger partial charge in [0.15, 0.2) is 0 Å². The van der Waals surface area contributed by atoms with Crippen molar-refractivity contribution in [2.24, 2.45) is 11.8 Å². The predicted molar refractivity (Wildman–Crippen MR) is 45.0 cm³/mol. The van der Waals surface area contributed by atoms with Crippen LogP contribution in [0.4, 0.5) is 0 Å². The van der Waals surface area contributed by atoms with Gasteiger partial charge in [0.2, 0.25) is 0 Å². The van der Waals surface area contributed by atoms with Crippen molar-refractivity contribution in [3.8, 4) is 0 Å². The summed E-state index contributed by atoms with van der Waals surface area (Å²) >= 11 is 0. The smallest absolute Gasteiger partial charge is 0.00204 e. The highest BCUT2D eigenvalue weighted by atomic mass is 14.9. The van der Waals surface area contributed by atoms with Gasteiger partial charge < -0.3 is 5.32 Å². The van der Waals surface area contributed by atoms with Crippen LogP contribution in [0.25, 0.3) is 0 Å². The summed E-state index contributed by atoms with van der Waals surface area (Å²) in [5.41, 5.74) is 0. The second-order valence-electron chi connectivity index (χ2n) is 3.54. The van der Waals surface area contributed by atoms with Crippen LogP contribution in [0.3, 0.4) is 0 Å². The molecule has 0 spiro atoms. The lowest BCUT2D eigenvalue weighted by molar-refractivity contribution is 0.326. The maximum absolute atomic E-state index is 3.51. The molecule has 3 aliphatic rings. The first kappa shape index (κ1) is 8.06. The highest BCUT2D eigenvalue weighted by molar-refractivity contribution is 4.79. The molecule has 10 heavy (non-hydrogen) atoms. The van der Waals surface area contributed by atoms with Crippen molar-refractivity contribution in [1.82, 2.24) is 5.32 Å². The first-order chi connectivity index (χ1) is 4.45. The summed E-state index contributed by atoms with van der Waals surface area (Å²) < 4.78 is 0. The molecule has 2 heterocycles. The zero-order chi connectivity index (χ0) is 6.10. The van der Waals surface area contributed by atoms with Gasteiger partial charge in [-0.3, -0.25) is 0 Å². The third kappa shape index (κ3) is 1.51. The number of fused-ring (bicyclic) bond motifs is 4. The van der Waals surface area contributed by atoms with Gasteiger partial charge in [-0.1, -0.05) is 7.43 Å². The molecule has 0 radical (unpaired) electrons. The Morgan fingerprint density at radius 2 is 1.20 bits per heavy atom. The van der Waals surface area contributed by atoms with E-state index in [1.54, 1.807) is 0 Å². The minimum atomic E-state index is 0. The normalized spacial score (nSPS) is 38.4. The van der Waals surface area contributed by atoms with E-state index in [1.165, 1.54) is 38.8 Å². The fourth-order valence-corrected chi connectivity index (χ4v) is 2.13. The van der Waals surface area contributed by atoms with E-state index < -0.39 is 0 Å². The lowest BCUT2D eigenvalue weighted by Crippen LogP contribution is -2.19. The third-order valence-electron chi connectivity index (χ3n) is 2.83. The zero-order valence-electron chi connectivity index (χ0n) is 5.90. The van der Waals surface area contributed by atoms with Crippen LogP contribution in [-0.2, 0) is 0 Å². The number of hydrogen-bond donors (Lipinski definition) is 1. The predicted octanol–water partition coefficient (Wildman–Crippen LogP) is 2.03. The standard InChI is InChI=1S/C8H15N.CH4/c1-2-8-4-3-7(1)5-9-6-8;/h7-9H,1-6H2;1H4. The van der Waals surface area contributed by atoms with Gasteiger partial charge >= 0.3 is 0 Å². The Bertz CT molecular complexity index is 75.4. The molecule has 0 aromatic heterocycles. The molecule has 1 heteroatoms. The minimum absolute atomic E-state index is 0. The SMILES string of the molecule is C.C1CC2CCC1CNC2. The summed E-state index contributed by atoms with van der Waals surface area (Å²) in [6.45, 7) is 2.60. The van der Waals surface area contributed by atoms with Gasteiger partial charge in [-0.15, -0.1) is 0 Å². The molecule has 0 aromatic rings. The Hall–Kier alpha value is -0.0400. The van der Waals surface area contributed by atoms with E-state index >= 15 is 0 Å². The third-order valence-corrected chi connectivity index (χ3v) is 2.83. The van der Waals surface area contributed by atoms with Crippen molar-refractivity contribution in [3.05, 3.63) is 0 Å². The van der Waals surface area contributed by atoms with Crippen molar-refractivity contribution in [1.29, 1.82) is 0 Å². The topological polar surface area (TPSA) is 12.0 Å². The van der Waals surface area contributed by atoms with Gasteiger partial charge in [0.25, 0.3) is 0 Å². The lowest BCUT2D eigenvalue weighted by atomic mass is 9.84. The van der Waals surface area contributed by atoms with Gasteiger partial charge in [0.05, 0.1) is 0 Å². The molecule has 0 aromatic carbocycles. The highest BCUT2D eigenvalue weighted by Crippen LogP contribution is 2.30. The van der Waals surface area contributed by atoms with E-state index in [9.17, 15) is 0 Å². The van der Waals surface area contributed by atoms with Gasteiger partial charge in [-0.05, 0) is 50.6 Å². The second kappa shape index (κ2) is 3.38. The van der Waals surface area contributed by atoms with E-state index in [0.717, 1.165) is 11.8 Å². The van der Waals surface area contributed by atoms with E-state index in [2.05, 4.69) is 5.32 Å². The maximum Gasteiger partial charge on any atom is -0.00204 e. The molecule has 60 valence electrons. The van der Waals surface area contributed by atoms with Gasteiger partial charge in [0.1, 0.15) is 0 Å². The van der Waals surface area contributed by atoms with Crippen molar-refractivity contribution in [2.75, 3.05) is 13.1 Å². The van der Waals surface area contributed by atoms with Crippen molar-refractivity contribution in [3.63, 3.8) is 0 Å². The molecule has 2 aliphatic heterocycles. The summed E-state index contributed by atoms with van der Waals surface area (Å²) in [5.74, 6) is 2.06. The fraction of sp³-hybridized carbons (Fsp3) is 1.00. The molecule has 3 rings (SSSR count). The zero-order valence-corrected chi connectivity index (χ0v) is 5.90. The maximum atomic E-state index is 3.51. The average Bonchev–Trinajstić information content (AvgIpc) is 2.21. The van der Waals surface area contributed by atoms with Crippen molar-refractivity contribution >= 4 is 0 Å². The minimum Gasteiger partial charge on any atom is -0.316 e. The first-order valence-electron chi connectivity index (χ1n) is 4.16. The molecule has 2 saturated heterocycles. The molecule has 3 fully saturated rings. The second-order valence-corrected chi connectivity index (χ2v) is 3.54. The van der Waals surface area contributed by atoms with E-state index in [0.29, 0.717) is 0 Å². The fourth-order valence-electron chi connectivity index (χ4n) is 2.13. The quantitative estimate of drug-likeness (QED) is 0.544. The largest absolute Gasteiger partial charge is 0.316 e. The van der Waals surface area contributed by atoms with Crippen molar-refractivity contribution < 1.29 is 0 Å². The molecule has 1 N–H and O–H groups in total. The number of nitrogens with one attached hydrogen (secondary N) is 1. The monoisotopic (exact) mass is 141 g/mol. The Morgan fingerprint density at radius 1 is 0.800 bits per heavy atom. The number of hydrogen-bond acceptors (Lipinski definition) is 1. The molecule has 2 bridgehead atoms. The summed E-state index contributed by atoms with van der Waals surface area (Å²) in [6.07, 6.45) is 5.99. The Morgan fingerprint density at radius 3 is 1.60 bits per heavy atom. The van der Waals surface area contributed by atoms with Gasteiger partial charge in [-0.25, -0.2) is 0 Å². The molecular weight excluding hydrogens is 122 g/mol. The van der Waals surface area contributed by atoms with Crippen LogP contribution in [-0.4, -0.2) is 13.1 Å². The molecule has 1 saturated carbocycles. The van der Waals surface area contributed by atoms with Crippen molar-refractivity contribution in [2.45, 2.75) is 33.1 Å². The summed E-state index contributed by atoms with van der Waals surface area (Å²) in [6, 6.07) is 0. The molecule has 0 amide bonds. The van der Waals surface area contributed by atoms with Crippen LogP contribution in [0, 0.1) is 11.8 Å². The van der Waals surface area contributed by atoms with E-state index in [4.69, 9.17) is 0 Å². The lowest BCUT2D eigenvalue weighted by Gasteiger charge is -2.21. The first-order valence-corrected chi connectivity index (χ1v) is 4.16. The Labute approximate surface area is 64.2 Å². The molecule has 0 atom stereocenters. The van der Waals surface area contributed by atoms with Crippen LogP contribution < -0.4 is 5.32 Å². The van der Waals surface area contributed by atoms with Gasteiger partial charge in [-0.2, -0.15) is 0 Å². The van der Waals surface area contributed by atoms with Gasteiger partial charge in [0, 0.05) is 0 Å². The summed E-state index contributed by atoms with van der Waals surface area (Å²) in [4.78, 5) is 0. The Kier molecular flexibility index (Phi) is 2.72. The summed E-state index contributed by atoms with van der Waals surface area (Å²) in [5, 5.41) is 3.51.